The van der Waals surface area contributed by atoms with Crippen LogP contribution in [0.1, 0.15) is 11.1 Å². The van der Waals surface area contributed by atoms with E-state index in [1.165, 1.54) is 4.90 Å². The molecule has 2 amide bonds. The van der Waals surface area contributed by atoms with E-state index in [1.807, 2.05) is 24.3 Å². The number of thioether (sulfide) groups is 1. The summed E-state index contributed by atoms with van der Waals surface area (Å²) in [6.45, 7) is 0.242. The van der Waals surface area contributed by atoms with Crippen molar-refractivity contribution in [3.8, 4) is 5.75 Å². The largest absolute Gasteiger partial charge is 0.488 e. The monoisotopic (exact) mass is 455 g/mol. The molecule has 0 saturated carbocycles. The summed E-state index contributed by atoms with van der Waals surface area (Å²) in [5.41, 5.74) is 2.03. The highest BCUT2D eigenvalue weighted by molar-refractivity contribution is 8.19. The minimum atomic E-state index is -0.355. The fourth-order valence-corrected chi connectivity index (χ4v) is 4.23. The highest BCUT2D eigenvalue weighted by Crippen LogP contribution is 2.37. The van der Waals surface area contributed by atoms with Crippen LogP contribution >= 0.6 is 35.0 Å². The van der Waals surface area contributed by atoms with Gasteiger partial charge in [-0.1, -0.05) is 65.7 Å². The first-order chi connectivity index (χ1) is 14.5. The number of carbonyl (C=O) groups is 2. The molecule has 3 aromatic rings. The predicted octanol–water partition coefficient (Wildman–Crippen LogP) is 6.81. The number of hydrogen-bond acceptors (Lipinski definition) is 4. The third-order valence-electron chi connectivity index (χ3n) is 4.41. The van der Waals surface area contributed by atoms with Gasteiger partial charge in [-0.25, -0.2) is 4.90 Å². The van der Waals surface area contributed by atoms with Crippen LogP contribution in [0.5, 0.6) is 5.75 Å². The van der Waals surface area contributed by atoms with Gasteiger partial charge in [-0.2, -0.15) is 0 Å². The molecule has 0 aromatic heterocycles. The van der Waals surface area contributed by atoms with E-state index in [0.29, 0.717) is 32.0 Å². The molecule has 1 saturated heterocycles. The Kier molecular flexibility index (Phi) is 6.13. The molecular formula is C23H15Cl2NO3S. The molecule has 0 unspecified atom stereocenters. The van der Waals surface area contributed by atoms with Crippen molar-refractivity contribution in [1.82, 2.24) is 0 Å². The summed E-state index contributed by atoms with van der Waals surface area (Å²) in [6, 6.07) is 21.4. The number of rotatable bonds is 5. The lowest BCUT2D eigenvalue weighted by atomic mass is 10.1. The number of carbonyl (C=O) groups excluding carboxylic acids is 2. The van der Waals surface area contributed by atoms with Crippen molar-refractivity contribution in [2.75, 3.05) is 4.90 Å². The summed E-state index contributed by atoms with van der Waals surface area (Å²) in [7, 11) is 0. The lowest BCUT2D eigenvalue weighted by molar-refractivity contribution is -0.113. The van der Waals surface area contributed by atoms with E-state index in [0.717, 1.165) is 17.3 Å². The highest BCUT2D eigenvalue weighted by Gasteiger charge is 2.36. The fourth-order valence-electron chi connectivity index (χ4n) is 2.93. The van der Waals surface area contributed by atoms with E-state index in [2.05, 4.69) is 0 Å². The highest BCUT2D eigenvalue weighted by atomic mass is 35.5. The predicted molar refractivity (Wildman–Crippen MR) is 122 cm³/mol. The summed E-state index contributed by atoms with van der Waals surface area (Å²) in [5, 5.41) is 0.742. The third-order valence-corrected chi connectivity index (χ3v) is 5.87. The van der Waals surface area contributed by atoms with E-state index in [-0.39, 0.29) is 17.8 Å². The topological polar surface area (TPSA) is 46.6 Å². The van der Waals surface area contributed by atoms with Gasteiger partial charge in [0.1, 0.15) is 12.4 Å². The van der Waals surface area contributed by atoms with Crippen molar-refractivity contribution in [1.29, 1.82) is 0 Å². The van der Waals surface area contributed by atoms with Crippen LogP contribution in [0.15, 0.2) is 77.7 Å². The second kappa shape index (κ2) is 8.96. The number of hydrogen-bond donors (Lipinski definition) is 0. The van der Waals surface area contributed by atoms with E-state index in [4.69, 9.17) is 27.9 Å². The quantitative estimate of drug-likeness (QED) is 0.396. The Balaban J connectivity index is 1.57. The number of anilines is 1. The fraction of sp³-hybridized carbons (Fsp3) is 0.0435. The molecular weight excluding hydrogens is 441 g/mol. The molecule has 0 aliphatic carbocycles. The molecule has 150 valence electrons. The van der Waals surface area contributed by atoms with Gasteiger partial charge in [0.2, 0.25) is 0 Å². The normalized spacial score (nSPS) is 15.1. The second-order valence-corrected chi connectivity index (χ2v) is 8.25. The SMILES string of the molecule is O=C1S/C(=C\c2ccccc2OCc2ccc(Cl)cc2Cl)C(=O)N1c1ccccc1. The van der Waals surface area contributed by atoms with Gasteiger partial charge >= 0.3 is 0 Å². The second-order valence-electron chi connectivity index (χ2n) is 6.41. The Hall–Kier alpha value is -2.73. The van der Waals surface area contributed by atoms with Crippen molar-refractivity contribution in [3.63, 3.8) is 0 Å². The molecule has 0 spiro atoms. The minimum absolute atomic E-state index is 0.242. The maximum atomic E-state index is 12.8. The van der Waals surface area contributed by atoms with Crippen LogP contribution in [-0.4, -0.2) is 11.1 Å². The van der Waals surface area contributed by atoms with Crippen LogP contribution in [0.25, 0.3) is 6.08 Å². The van der Waals surface area contributed by atoms with Crippen LogP contribution in [0.4, 0.5) is 10.5 Å². The van der Waals surface area contributed by atoms with Crippen molar-refractivity contribution < 1.29 is 14.3 Å². The molecule has 7 heteroatoms. The lowest BCUT2D eigenvalue weighted by Crippen LogP contribution is -2.27. The molecule has 0 bridgehead atoms. The Labute approximate surface area is 188 Å². The summed E-state index contributed by atoms with van der Waals surface area (Å²) < 4.78 is 5.94. The average Bonchev–Trinajstić information content (AvgIpc) is 3.02. The van der Waals surface area contributed by atoms with E-state index < -0.39 is 0 Å². The van der Waals surface area contributed by atoms with Gasteiger partial charge in [-0.3, -0.25) is 9.59 Å². The number of para-hydroxylation sites is 2. The molecule has 3 aromatic carbocycles. The van der Waals surface area contributed by atoms with Crippen molar-refractivity contribution in [2.45, 2.75) is 6.61 Å². The van der Waals surface area contributed by atoms with Crippen LogP contribution in [0.3, 0.4) is 0 Å². The molecule has 1 aliphatic rings. The zero-order valence-corrected chi connectivity index (χ0v) is 17.9. The smallest absolute Gasteiger partial charge is 0.298 e. The Bertz CT molecular complexity index is 1150. The number of nitrogens with zero attached hydrogens (tertiary/aromatic N) is 1. The number of benzene rings is 3. The Morgan fingerprint density at radius 3 is 2.43 bits per heavy atom. The maximum Gasteiger partial charge on any atom is 0.298 e. The summed E-state index contributed by atoms with van der Waals surface area (Å²) in [5.74, 6) is 0.224. The van der Waals surface area contributed by atoms with Gasteiger partial charge in [0, 0.05) is 21.2 Å². The summed E-state index contributed by atoms with van der Waals surface area (Å²) in [6.07, 6.45) is 1.67. The Morgan fingerprint density at radius 2 is 1.67 bits per heavy atom. The van der Waals surface area contributed by atoms with Crippen LogP contribution in [0, 0.1) is 0 Å². The summed E-state index contributed by atoms with van der Waals surface area (Å²) >= 11 is 13.1. The van der Waals surface area contributed by atoms with Gasteiger partial charge < -0.3 is 4.74 Å². The van der Waals surface area contributed by atoms with Crippen molar-refractivity contribution in [3.05, 3.63) is 98.9 Å². The van der Waals surface area contributed by atoms with Gasteiger partial charge in [0.25, 0.3) is 11.1 Å². The molecule has 0 N–H and O–H groups in total. The van der Waals surface area contributed by atoms with Gasteiger partial charge in [-0.15, -0.1) is 0 Å². The molecule has 30 heavy (non-hydrogen) atoms. The molecule has 1 heterocycles. The first-order valence-electron chi connectivity index (χ1n) is 9.02. The maximum absolute atomic E-state index is 12.8. The standard InChI is InChI=1S/C23H15Cl2NO3S/c24-17-11-10-16(19(25)13-17)14-29-20-9-5-4-6-15(20)12-21-22(27)26(23(28)30-21)18-7-2-1-3-8-18/h1-13H,14H2/b21-12-. The van der Waals surface area contributed by atoms with Gasteiger partial charge in [-0.05, 0) is 48.2 Å². The molecule has 1 fully saturated rings. The van der Waals surface area contributed by atoms with Crippen molar-refractivity contribution in [2.24, 2.45) is 0 Å². The number of amides is 2. The van der Waals surface area contributed by atoms with Gasteiger partial charge in [0.05, 0.1) is 10.6 Å². The Morgan fingerprint density at radius 1 is 0.933 bits per heavy atom. The lowest BCUT2D eigenvalue weighted by Gasteiger charge is -2.12. The molecule has 4 rings (SSSR count). The molecule has 4 nitrogen and oxygen atoms in total. The molecule has 1 aliphatic heterocycles. The summed E-state index contributed by atoms with van der Waals surface area (Å²) in [4.78, 5) is 26.8. The van der Waals surface area contributed by atoms with Crippen LogP contribution in [-0.2, 0) is 11.4 Å². The zero-order chi connectivity index (χ0) is 21.1. The average molecular weight is 456 g/mol. The van der Waals surface area contributed by atoms with Crippen LogP contribution in [0.2, 0.25) is 10.0 Å². The minimum Gasteiger partial charge on any atom is -0.488 e. The molecule has 0 atom stereocenters. The van der Waals surface area contributed by atoms with E-state index in [1.54, 1.807) is 54.6 Å². The van der Waals surface area contributed by atoms with Crippen LogP contribution < -0.4 is 9.64 Å². The zero-order valence-electron chi connectivity index (χ0n) is 15.5. The number of imide groups is 1. The van der Waals surface area contributed by atoms with E-state index >= 15 is 0 Å². The number of ether oxygens (including phenoxy) is 1. The first kappa shape index (κ1) is 20.5. The molecule has 0 radical (unpaired) electrons. The number of halogens is 2. The van der Waals surface area contributed by atoms with Crippen molar-refractivity contribution >= 4 is 57.9 Å². The van der Waals surface area contributed by atoms with Gasteiger partial charge in [0.15, 0.2) is 0 Å². The first-order valence-corrected chi connectivity index (χ1v) is 10.6. The third kappa shape index (κ3) is 4.38. The van der Waals surface area contributed by atoms with E-state index in [9.17, 15) is 9.59 Å².